The Kier molecular flexibility index (Phi) is 7.70. The highest BCUT2D eigenvalue weighted by Gasteiger charge is 2.75. The van der Waals surface area contributed by atoms with Crippen LogP contribution in [0.1, 0.15) is 24.2 Å². The average Bonchev–Trinajstić information content (AvgIpc) is 2.64. The minimum absolute atomic E-state index is 0.346. The number of nitrogens with zero attached hydrogens (tertiary/aromatic N) is 1. The number of carbonyl (C=O) groups is 3. The summed E-state index contributed by atoms with van der Waals surface area (Å²) in [5.41, 5.74) is -2.02. The molecule has 0 aromatic heterocycles. The summed E-state index contributed by atoms with van der Waals surface area (Å²) in [6.07, 6.45) is -5.14. The number of Topliss-reactive ketones (excluding diaryl/α,β-unsaturated/α-hetero) is 3. The van der Waals surface area contributed by atoms with Crippen molar-refractivity contribution in [3.63, 3.8) is 0 Å². The molecule has 0 heterocycles. The molecule has 1 aromatic carbocycles. The fourth-order valence-electron chi connectivity index (χ4n) is 2.42. The zero-order chi connectivity index (χ0) is 25.2. The van der Waals surface area contributed by atoms with Crippen LogP contribution in [0.2, 0.25) is 0 Å². The van der Waals surface area contributed by atoms with E-state index in [2.05, 4.69) is 4.74 Å². The van der Waals surface area contributed by atoms with Crippen LogP contribution in [-0.2, 0) is 9.59 Å². The SMILES string of the molecule is CC(=O)C(C(C)=O)C(=O)c1cc(OCC(F)(F)C(F)(F)C(F)(F)C(F)F)ccc1[N+](=O)[O-]. The van der Waals surface area contributed by atoms with Crippen molar-refractivity contribution in [2.24, 2.45) is 5.92 Å². The van der Waals surface area contributed by atoms with E-state index in [9.17, 15) is 59.6 Å². The second-order valence-corrected chi connectivity index (χ2v) is 6.45. The molecule has 7 nitrogen and oxygen atoms in total. The maximum atomic E-state index is 13.6. The largest absolute Gasteiger partial charge is 0.487 e. The van der Waals surface area contributed by atoms with Crippen molar-refractivity contribution in [2.45, 2.75) is 38.0 Å². The molecule has 0 aliphatic rings. The Morgan fingerprint density at radius 1 is 1.03 bits per heavy atom. The first-order valence-corrected chi connectivity index (χ1v) is 8.26. The number of hydrogen-bond acceptors (Lipinski definition) is 6. The monoisotopic (exact) mass is 479 g/mol. The number of ether oxygens (including phenoxy) is 1. The summed E-state index contributed by atoms with van der Waals surface area (Å²) in [5, 5.41) is 11.1. The van der Waals surface area contributed by atoms with Crippen LogP contribution in [0.3, 0.4) is 0 Å². The Labute approximate surface area is 173 Å². The summed E-state index contributed by atoms with van der Waals surface area (Å²) in [5.74, 6) is -25.3. The Hall–Kier alpha value is -3.13. The fraction of sp³-hybridized carbons (Fsp3) is 0.471. The first-order valence-electron chi connectivity index (χ1n) is 8.26. The summed E-state index contributed by atoms with van der Waals surface area (Å²) in [6.45, 7) is -0.972. The molecule has 0 radical (unpaired) electrons. The van der Waals surface area contributed by atoms with Gasteiger partial charge in [-0.1, -0.05) is 0 Å². The third kappa shape index (κ3) is 5.02. The van der Waals surface area contributed by atoms with E-state index in [0.29, 0.717) is 18.2 Å². The van der Waals surface area contributed by atoms with Gasteiger partial charge in [0.05, 0.1) is 4.92 Å². The predicted octanol–water partition coefficient (Wildman–Crippen LogP) is 4.12. The molecule has 0 atom stereocenters. The van der Waals surface area contributed by atoms with E-state index in [1.54, 1.807) is 0 Å². The summed E-state index contributed by atoms with van der Waals surface area (Å²) in [7, 11) is 0. The van der Waals surface area contributed by atoms with Crippen LogP contribution in [0, 0.1) is 16.0 Å². The van der Waals surface area contributed by atoms with E-state index in [0.717, 1.165) is 13.8 Å². The first-order chi connectivity index (χ1) is 14.4. The lowest BCUT2D eigenvalue weighted by molar-refractivity contribution is -0.385. The molecule has 178 valence electrons. The number of benzene rings is 1. The molecule has 1 aromatic rings. The second-order valence-electron chi connectivity index (χ2n) is 6.45. The Morgan fingerprint density at radius 3 is 1.94 bits per heavy atom. The zero-order valence-electron chi connectivity index (χ0n) is 16.0. The highest BCUT2D eigenvalue weighted by Crippen LogP contribution is 2.48. The van der Waals surface area contributed by atoms with Gasteiger partial charge in [0.25, 0.3) is 5.69 Å². The van der Waals surface area contributed by atoms with Crippen molar-refractivity contribution in [3.8, 4) is 5.75 Å². The molecule has 15 heteroatoms. The third-order valence-electron chi connectivity index (χ3n) is 4.08. The summed E-state index contributed by atoms with van der Waals surface area (Å²) < 4.78 is 108. The van der Waals surface area contributed by atoms with Gasteiger partial charge in [0, 0.05) is 6.07 Å². The molecule has 0 spiro atoms. The molecule has 32 heavy (non-hydrogen) atoms. The van der Waals surface area contributed by atoms with E-state index < -0.39 is 76.0 Å². The summed E-state index contributed by atoms with van der Waals surface area (Å²) >= 11 is 0. The standard InChI is InChI=1S/C17H13F8NO6/c1-7(27)12(8(2)28)13(29)10-5-9(3-4-11(10)26(30)31)32-6-15(20,21)17(24,25)16(22,23)14(18)19/h3-5,12,14H,6H2,1-2H3. The quantitative estimate of drug-likeness (QED) is 0.156. The average molecular weight is 479 g/mol. The van der Waals surface area contributed by atoms with Gasteiger partial charge >= 0.3 is 24.2 Å². The molecule has 0 bridgehead atoms. The molecule has 1 rings (SSSR count). The maximum Gasteiger partial charge on any atom is 0.381 e. The van der Waals surface area contributed by atoms with Crippen molar-refractivity contribution in [1.29, 1.82) is 0 Å². The van der Waals surface area contributed by atoms with Crippen LogP contribution in [0.4, 0.5) is 40.8 Å². The van der Waals surface area contributed by atoms with Crippen molar-refractivity contribution < 1.29 is 59.2 Å². The Morgan fingerprint density at radius 2 is 1.53 bits per heavy atom. The van der Waals surface area contributed by atoms with E-state index in [1.807, 2.05) is 0 Å². The van der Waals surface area contributed by atoms with Crippen LogP contribution >= 0.6 is 0 Å². The van der Waals surface area contributed by atoms with Gasteiger partial charge < -0.3 is 4.74 Å². The van der Waals surface area contributed by atoms with Crippen LogP contribution in [0.5, 0.6) is 5.75 Å². The van der Waals surface area contributed by atoms with Gasteiger partial charge in [-0.3, -0.25) is 24.5 Å². The fourth-order valence-corrected chi connectivity index (χ4v) is 2.42. The Balaban J connectivity index is 3.34. The number of ketones is 3. The first kappa shape index (κ1) is 26.9. The zero-order valence-corrected chi connectivity index (χ0v) is 16.0. The molecular weight excluding hydrogens is 466 g/mol. The molecule has 0 aliphatic carbocycles. The topological polar surface area (TPSA) is 104 Å². The van der Waals surface area contributed by atoms with E-state index in [1.165, 1.54) is 0 Å². The van der Waals surface area contributed by atoms with Crippen molar-refractivity contribution >= 4 is 23.0 Å². The lowest BCUT2D eigenvalue weighted by Crippen LogP contribution is -2.59. The lowest BCUT2D eigenvalue weighted by Gasteiger charge is -2.32. The molecule has 0 saturated carbocycles. The molecule has 0 fully saturated rings. The van der Waals surface area contributed by atoms with Gasteiger partial charge in [-0.15, -0.1) is 0 Å². The molecule has 0 aliphatic heterocycles. The molecule has 0 unspecified atom stereocenters. The number of rotatable bonds is 11. The molecular formula is C17H13F8NO6. The van der Waals surface area contributed by atoms with Gasteiger partial charge in [0.15, 0.2) is 12.4 Å². The summed E-state index contributed by atoms with van der Waals surface area (Å²) in [6, 6.07) is 1.34. The second kappa shape index (κ2) is 9.16. The Bertz CT molecular complexity index is 920. The minimum atomic E-state index is -6.55. The third-order valence-corrected chi connectivity index (χ3v) is 4.08. The molecule has 0 N–H and O–H groups in total. The van der Waals surface area contributed by atoms with E-state index in [-0.39, 0.29) is 0 Å². The van der Waals surface area contributed by atoms with Gasteiger partial charge in [-0.2, -0.15) is 26.3 Å². The van der Waals surface area contributed by atoms with Gasteiger partial charge in [-0.25, -0.2) is 8.78 Å². The minimum Gasteiger partial charge on any atom is -0.487 e. The van der Waals surface area contributed by atoms with Crippen molar-refractivity contribution in [1.82, 2.24) is 0 Å². The normalized spacial score (nSPS) is 12.8. The highest BCUT2D eigenvalue weighted by molar-refractivity contribution is 6.24. The highest BCUT2D eigenvalue weighted by atomic mass is 19.4. The maximum absolute atomic E-state index is 13.6. The summed E-state index contributed by atoms with van der Waals surface area (Å²) in [4.78, 5) is 45.4. The van der Waals surface area contributed by atoms with E-state index in [4.69, 9.17) is 0 Å². The van der Waals surface area contributed by atoms with Crippen LogP contribution < -0.4 is 4.74 Å². The number of halogens is 8. The van der Waals surface area contributed by atoms with Gasteiger partial charge in [-0.05, 0) is 26.0 Å². The van der Waals surface area contributed by atoms with E-state index >= 15 is 0 Å². The van der Waals surface area contributed by atoms with Crippen molar-refractivity contribution in [2.75, 3.05) is 6.61 Å². The van der Waals surface area contributed by atoms with Crippen LogP contribution in [-0.4, -0.2) is 53.1 Å². The molecule has 0 saturated heterocycles. The smallest absolute Gasteiger partial charge is 0.381 e. The molecule has 0 amide bonds. The number of hydrogen-bond donors (Lipinski definition) is 0. The number of nitro benzene ring substituents is 1. The van der Waals surface area contributed by atoms with Gasteiger partial charge in [0.2, 0.25) is 0 Å². The van der Waals surface area contributed by atoms with Crippen LogP contribution in [0.25, 0.3) is 0 Å². The predicted molar refractivity (Wildman–Crippen MR) is 88.6 cm³/mol. The number of alkyl halides is 8. The van der Waals surface area contributed by atoms with Gasteiger partial charge in [0.1, 0.15) is 28.8 Å². The van der Waals surface area contributed by atoms with Crippen molar-refractivity contribution in [3.05, 3.63) is 33.9 Å². The number of carbonyl (C=O) groups excluding carboxylic acids is 3. The number of nitro groups is 1. The van der Waals surface area contributed by atoms with Crippen LogP contribution in [0.15, 0.2) is 18.2 Å². The lowest BCUT2D eigenvalue weighted by atomic mass is 9.90.